The highest BCUT2D eigenvalue weighted by molar-refractivity contribution is 9.10. The van der Waals surface area contributed by atoms with Crippen molar-refractivity contribution in [2.75, 3.05) is 23.7 Å². The first-order chi connectivity index (χ1) is 9.42. The highest BCUT2D eigenvalue weighted by Gasteiger charge is 2.19. The van der Waals surface area contributed by atoms with Crippen LogP contribution < -0.4 is 9.62 Å². The monoisotopic (exact) mass is 355 g/mol. The van der Waals surface area contributed by atoms with Crippen molar-refractivity contribution in [1.29, 1.82) is 0 Å². The number of pyridine rings is 1. The highest BCUT2D eigenvalue weighted by atomic mass is 79.9. The summed E-state index contributed by atoms with van der Waals surface area (Å²) < 4.78 is 27.9. The van der Waals surface area contributed by atoms with E-state index in [2.05, 4.69) is 25.6 Å². The predicted octanol–water partition coefficient (Wildman–Crippen LogP) is 2.71. The fourth-order valence-corrected chi connectivity index (χ4v) is 3.76. The normalized spacial score (nSPS) is 11.2. The maximum absolute atomic E-state index is 12.4. The number of anilines is 2. The summed E-state index contributed by atoms with van der Waals surface area (Å²) in [5, 5.41) is 0. The third kappa shape index (κ3) is 3.10. The first-order valence-corrected chi connectivity index (χ1v) is 8.09. The lowest BCUT2D eigenvalue weighted by Crippen LogP contribution is -2.18. The molecule has 0 amide bonds. The van der Waals surface area contributed by atoms with Crippen LogP contribution in [0.3, 0.4) is 0 Å². The minimum Gasteiger partial charge on any atom is -0.361 e. The van der Waals surface area contributed by atoms with Gasteiger partial charge in [-0.1, -0.05) is 12.1 Å². The number of hydrogen-bond donors (Lipinski definition) is 1. The summed E-state index contributed by atoms with van der Waals surface area (Å²) in [6, 6.07) is 10.0. The van der Waals surface area contributed by atoms with Crippen molar-refractivity contribution < 1.29 is 8.42 Å². The summed E-state index contributed by atoms with van der Waals surface area (Å²) in [5.41, 5.74) is 0.438. The Hall–Kier alpha value is -1.60. The maximum Gasteiger partial charge on any atom is 0.263 e. The van der Waals surface area contributed by atoms with Crippen molar-refractivity contribution in [3.63, 3.8) is 0 Å². The molecule has 0 spiro atoms. The summed E-state index contributed by atoms with van der Waals surface area (Å²) in [5.74, 6) is 0.558. The van der Waals surface area contributed by atoms with E-state index >= 15 is 0 Å². The molecule has 0 aliphatic carbocycles. The van der Waals surface area contributed by atoms with E-state index in [4.69, 9.17) is 0 Å². The van der Waals surface area contributed by atoms with Gasteiger partial charge in [-0.15, -0.1) is 0 Å². The van der Waals surface area contributed by atoms with Gasteiger partial charge in [0.1, 0.15) is 4.90 Å². The van der Waals surface area contributed by atoms with Crippen molar-refractivity contribution in [3.8, 4) is 0 Å². The molecule has 1 aromatic carbocycles. The fraction of sp³-hybridized carbons (Fsp3) is 0.154. The Morgan fingerprint density at radius 3 is 2.50 bits per heavy atom. The fourth-order valence-electron chi connectivity index (χ4n) is 1.70. The predicted molar refractivity (Wildman–Crippen MR) is 83.5 cm³/mol. The van der Waals surface area contributed by atoms with Crippen LogP contribution in [0.15, 0.2) is 52.0 Å². The van der Waals surface area contributed by atoms with Gasteiger partial charge in [-0.3, -0.25) is 4.72 Å². The van der Waals surface area contributed by atoms with Crippen molar-refractivity contribution in [3.05, 3.63) is 47.1 Å². The van der Waals surface area contributed by atoms with E-state index in [0.29, 0.717) is 16.0 Å². The van der Waals surface area contributed by atoms with E-state index < -0.39 is 10.0 Å². The summed E-state index contributed by atoms with van der Waals surface area (Å²) >= 11 is 3.25. The van der Waals surface area contributed by atoms with Crippen LogP contribution in [0.2, 0.25) is 0 Å². The highest BCUT2D eigenvalue weighted by Crippen LogP contribution is 2.27. The summed E-state index contributed by atoms with van der Waals surface area (Å²) in [6.07, 6.45) is 1.62. The second-order valence-corrected chi connectivity index (χ2v) is 6.81. The number of sulfonamides is 1. The molecule has 2 rings (SSSR count). The Morgan fingerprint density at radius 2 is 1.85 bits per heavy atom. The molecule has 0 saturated heterocycles. The number of nitrogens with zero attached hydrogens (tertiary/aromatic N) is 2. The third-order valence-electron chi connectivity index (χ3n) is 2.58. The molecular weight excluding hydrogens is 342 g/mol. The van der Waals surface area contributed by atoms with Gasteiger partial charge in [0.25, 0.3) is 10.0 Å². The summed E-state index contributed by atoms with van der Waals surface area (Å²) in [4.78, 5) is 6.10. The number of aromatic nitrogens is 1. The lowest BCUT2D eigenvalue weighted by molar-refractivity contribution is 0.600. The van der Waals surface area contributed by atoms with Gasteiger partial charge >= 0.3 is 0 Å². The lowest BCUT2D eigenvalue weighted by atomic mass is 10.4. The molecule has 1 aromatic heterocycles. The molecule has 0 atom stereocenters. The molecule has 0 unspecified atom stereocenters. The van der Waals surface area contributed by atoms with Crippen LogP contribution in [-0.4, -0.2) is 27.5 Å². The van der Waals surface area contributed by atoms with Crippen LogP contribution in [0.1, 0.15) is 0 Å². The van der Waals surface area contributed by atoms with Gasteiger partial charge < -0.3 is 4.90 Å². The lowest BCUT2D eigenvalue weighted by Gasteiger charge is -2.17. The second kappa shape index (κ2) is 5.80. The van der Waals surface area contributed by atoms with Crippen molar-refractivity contribution in [2.24, 2.45) is 0 Å². The molecule has 0 aliphatic heterocycles. The van der Waals surface area contributed by atoms with Gasteiger partial charge in [-0.25, -0.2) is 13.4 Å². The van der Waals surface area contributed by atoms with E-state index in [0.717, 1.165) is 0 Å². The van der Waals surface area contributed by atoms with Crippen LogP contribution >= 0.6 is 15.9 Å². The minimum absolute atomic E-state index is 0.188. The van der Waals surface area contributed by atoms with E-state index in [1.54, 1.807) is 55.5 Å². The molecule has 0 radical (unpaired) electrons. The minimum atomic E-state index is -3.66. The van der Waals surface area contributed by atoms with Crippen molar-refractivity contribution in [2.45, 2.75) is 4.90 Å². The van der Waals surface area contributed by atoms with Gasteiger partial charge in [0, 0.05) is 24.8 Å². The van der Waals surface area contributed by atoms with Crippen molar-refractivity contribution in [1.82, 2.24) is 4.98 Å². The van der Waals surface area contributed by atoms with Crippen LogP contribution in [-0.2, 0) is 10.0 Å². The smallest absolute Gasteiger partial charge is 0.263 e. The largest absolute Gasteiger partial charge is 0.361 e. The molecule has 1 heterocycles. The molecule has 0 aliphatic rings. The van der Waals surface area contributed by atoms with Gasteiger partial charge in [0.15, 0.2) is 5.82 Å². The molecule has 1 N–H and O–H groups in total. The standard InChI is InChI=1S/C13H14BrN3O2S/c1-17(2)13-11(7-5-9-15-13)16-20(18,19)12-8-4-3-6-10(12)14/h3-9,16H,1-2H3. The van der Waals surface area contributed by atoms with Gasteiger partial charge in [0.2, 0.25) is 0 Å². The zero-order chi connectivity index (χ0) is 14.8. The SMILES string of the molecule is CN(C)c1ncccc1NS(=O)(=O)c1ccccc1Br. The first kappa shape index (κ1) is 14.8. The number of nitrogens with one attached hydrogen (secondary N) is 1. The Bertz CT molecular complexity index is 717. The van der Waals surface area contributed by atoms with Crippen LogP contribution in [0.4, 0.5) is 11.5 Å². The van der Waals surface area contributed by atoms with E-state index in [9.17, 15) is 8.42 Å². The molecule has 106 valence electrons. The Kier molecular flexibility index (Phi) is 4.29. The van der Waals surface area contributed by atoms with Crippen LogP contribution in [0, 0.1) is 0 Å². The van der Waals surface area contributed by atoms with Gasteiger partial charge in [-0.05, 0) is 40.2 Å². The first-order valence-electron chi connectivity index (χ1n) is 5.81. The number of rotatable bonds is 4. The Morgan fingerprint density at radius 1 is 1.15 bits per heavy atom. The maximum atomic E-state index is 12.4. The molecule has 7 heteroatoms. The zero-order valence-electron chi connectivity index (χ0n) is 11.0. The number of halogens is 1. The second-order valence-electron chi connectivity index (χ2n) is 4.30. The Labute approximate surface area is 126 Å². The Balaban J connectivity index is 2.42. The zero-order valence-corrected chi connectivity index (χ0v) is 13.4. The average Bonchev–Trinajstić information content (AvgIpc) is 2.39. The topological polar surface area (TPSA) is 62.3 Å². The molecule has 0 fully saturated rings. The molecule has 5 nitrogen and oxygen atoms in total. The van der Waals surface area contributed by atoms with Crippen LogP contribution in [0.25, 0.3) is 0 Å². The average molecular weight is 356 g/mol. The van der Waals surface area contributed by atoms with E-state index in [-0.39, 0.29) is 4.90 Å². The number of benzene rings is 1. The van der Waals surface area contributed by atoms with E-state index in [1.807, 2.05) is 0 Å². The van der Waals surface area contributed by atoms with Gasteiger partial charge in [0.05, 0.1) is 5.69 Å². The van der Waals surface area contributed by atoms with Crippen molar-refractivity contribution >= 4 is 37.5 Å². The summed E-state index contributed by atoms with van der Waals surface area (Å²) in [7, 11) is -0.0553. The van der Waals surface area contributed by atoms with E-state index in [1.165, 1.54) is 6.07 Å². The molecule has 20 heavy (non-hydrogen) atoms. The molecule has 0 saturated carbocycles. The summed E-state index contributed by atoms with van der Waals surface area (Å²) in [6.45, 7) is 0. The molecular formula is C13H14BrN3O2S. The number of hydrogen-bond acceptors (Lipinski definition) is 4. The quantitative estimate of drug-likeness (QED) is 0.915. The third-order valence-corrected chi connectivity index (χ3v) is 4.96. The van der Waals surface area contributed by atoms with Crippen LogP contribution in [0.5, 0.6) is 0 Å². The van der Waals surface area contributed by atoms with Gasteiger partial charge in [-0.2, -0.15) is 0 Å². The molecule has 0 bridgehead atoms. The molecule has 2 aromatic rings.